The Morgan fingerprint density at radius 2 is 1.96 bits per heavy atom. The molecule has 0 aliphatic heterocycles. The SMILES string of the molecule is Cc1ccc(N(CC(=O)N[C@@H]2C[C@@H]3CC[C@H]2C3)S(C)(=O)=O)cc1C. The second-order valence-corrected chi connectivity index (χ2v) is 9.29. The van der Waals surface area contributed by atoms with Crippen LogP contribution >= 0.6 is 0 Å². The minimum absolute atomic E-state index is 0.158. The van der Waals surface area contributed by atoms with Crippen LogP contribution in [0.5, 0.6) is 0 Å². The van der Waals surface area contributed by atoms with Crippen molar-refractivity contribution in [2.75, 3.05) is 17.1 Å². The van der Waals surface area contributed by atoms with Crippen LogP contribution < -0.4 is 9.62 Å². The Hall–Kier alpha value is -1.56. The summed E-state index contributed by atoms with van der Waals surface area (Å²) in [6, 6.07) is 5.68. The minimum Gasteiger partial charge on any atom is -0.352 e. The van der Waals surface area contributed by atoms with Gasteiger partial charge < -0.3 is 5.32 Å². The van der Waals surface area contributed by atoms with Gasteiger partial charge in [0.05, 0.1) is 11.9 Å². The first-order chi connectivity index (χ1) is 11.2. The molecule has 2 saturated carbocycles. The van der Waals surface area contributed by atoms with E-state index in [1.165, 1.54) is 23.6 Å². The standard InChI is InChI=1S/C18H26N2O3S/c1-12-4-7-16(8-13(12)2)20(24(3,22)23)11-18(21)19-17-10-14-5-6-15(17)9-14/h4,7-8,14-15,17H,5-6,9-11H2,1-3H3,(H,19,21)/t14-,15+,17-/m1/s1. The molecule has 0 spiro atoms. The quantitative estimate of drug-likeness (QED) is 0.886. The van der Waals surface area contributed by atoms with Gasteiger partial charge in [0.15, 0.2) is 0 Å². The van der Waals surface area contributed by atoms with Gasteiger partial charge in [-0.2, -0.15) is 0 Å². The molecule has 2 aliphatic carbocycles. The second kappa shape index (κ2) is 6.39. The molecule has 24 heavy (non-hydrogen) atoms. The monoisotopic (exact) mass is 350 g/mol. The number of rotatable bonds is 5. The van der Waals surface area contributed by atoms with Crippen molar-refractivity contribution in [2.45, 2.75) is 45.6 Å². The highest BCUT2D eigenvalue weighted by Gasteiger charge is 2.40. The predicted octanol–water partition coefficient (Wildman–Crippen LogP) is 2.37. The van der Waals surface area contributed by atoms with Crippen LogP contribution in [0.25, 0.3) is 0 Å². The number of carbonyl (C=O) groups is 1. The fourth-order valence-electron chi connectivity index (χ4n) is 4.09. The Bertz CT molecular complexity index is 745. The molecule has 0 aromatic heterocycles. The molecule has 1 amide bonds. The molecular weight excluding hydrogens is 324 g/mol. The van der Waals surface area contributed by atoms with Gasteiger partial charge in [0.2, 0.25) is 15.9 Å². The number of fused-ring (bicyclic) bond motifs is 2. The van der Waals surface area contributed by atoms with Crippen molar-refractivity contribution in [1.29, 1.82) is 0 Å². The molecule has 0 unspecified atom stereocenters. The number of hydrogen-bond donors (Lipinski definition) is 1. The van der Waals surface area contributed by atoms with Gasteiger partial charge in [-0.15, -0.1) is 0 Å². The van der Waals surface area contributed by atoms with Gasteiger partial charge in [-0.05, 0) is 68.2 Å². The lowest BCUT2D eigenvalue weighted by atomic mass is 9.95. The summed E-state index contributed by atoms with van der Waals surface area (Å²) >= 11 is 0. The first kappa shape index (κ1) is 17.3. The zero-order chi connectivity index (χ0) is 17.5. The molecule has 2 aliphatic rings. The largest absolute Gasteiger partial charge is 0.352 e. The van der Waals surface area contributed by atoms with E-state index in [4.69, 9.17) is 0 Å². The number of carbonyl (C=O) groups excluding carboxylic acids is 1. The molecule has 5 nitrogen and oxygen atoms in total. The number of nitrogens with zero attached hydrogens (tertiary/aromatic N) is 1. The third-order valence-electron chi connectivity index (χ3n) is 5.55. The molecule has 3 atom stereocenters. The van der Waals surface area contributed by atoms with E-state index in [1.54, 1.807) is 6.07 Å². The fraction of sp³-hybridized carbons (Fsp3) is 0.611. The predicted molar refractivity (Wildman–Crippen MR) is 95.5 cm³/mol. The van der Waals surface area contributed by atoms with Gasteiger partial charge >= 0.3 is 0 Å². The van der Waals surface area contributed by atoms with Crippen molar-refractivity contribution in [3.8, 4) is 0 Å². The van der Waals surface area contributed by atoms with Gasteiger partial charge in [-0.3, -0.25) is 9.10 Å². The lowest BCUT2D eigenvalue weighted by Crippen LogP contribution is -2.45. The van der Waals surface area contributed by atoms with E-state index in [2.05, 4.69) is 5.32 Å². The zero-order valence-electron chi connectivity index (χ0n) is 14.6. The highest BCUT2D eigenvalue weighted by molar-refractivity contribution is 7.92. The molecule has 0 saturated heterocycles. The maximum Gasteiger partial charge on any atom is 0.241 e. The third kappa shape index (κ3) is 3.58. The lowest BCUT2D eigenvalue weighted by molar-refractivity contribution is -0.120. The van der Waals surface area contributed by atoms with Crippen LogP contribution in [0.3, 0.4) is 0 Å². The summed E-state index contributed by atoms with van der Waals surface area (Å²) in [5.41, 5.74) is 2.65. The maximum atomic E-state index is 12.4. The summed E-state index contributed by atoms with van der Waals surface area (Å²) in [5, 5.41) is 3.06. The van der Waals surface area contributed by atoms with Crippen LogP contribution in [-0.2, 0) is 14.8 Å². The average Bonchev–Trinajstić information content (AvgIpc) is 3.09. The number of aryl methyl sites for hydroxylation is 2. The Kier molecular flexibility index (Phi) is 4.60. The van der Waals surface area contributed by atoms with Crippen LogP contribution in [0.4, 0.5) is 5.69 Å². The molecule has 132 valence electrons. The Morgan fingerprint density at radius 3 is 2.50 bits per heavy atom. The zero-order valence-corrected chi connectivity index (χ0v) is 15.4. The van der Waals surface area contributed by atoms with E-state index in [9.17, 15) is 13.2 Å². The van der Waals surface area contributed by atoms with E-state index in [0.29, 0.717) is 11.6 Å². The molecule has 0 heterocycles. The number of sulfonamides is 1. The van der Waals surface area contributed by atoms with Crippen LogP contribution in [0.15, 0.2) is 18.2 Å². The summed E-state index contributed by atoms with van der Waals surface area (Å²) in [4.78, 5) is 12.4. The van der Waals surface area contributed by atoms with Crippen molar-refractivity contribution in [3.05, 3.63) is 29.3 Å². The second-order valence-electron chi connectivity index (χ2n) is 7.39. The molecule has 2 fully saturated rings. The number of benzene rings is 1. The molecule has 1 N–H and O–H groups in total. The fourth-order valence-corrected chi connectivity index (χ4v) is 4.93. The normalized spacial score (nSPS) is 25.7. The molecule has 1 aromatic rings. The molecule has 1 aromatic carbocycles. The molecular formula is C18H26N2O3S. The summed E-state index contributed by atoms with van der Waals surface area (Å²) < 4.78 is 25.5. The first-order valence-electron chi connectivity index (χ1n) is 8.58. The minimum atomic E-state index is -3.51. The maximum absolute atomic E-state index is 12.4. The summed E-state index contributed by atoms with van der Waals surface area (Å²) in [6.45, 7) is 3.76. The summed E-state index contributed by atoms with van der Waals surface area (Å²) in [7, 11) is -3.51. The highest BCUT2D eigenvalue weighted by atomic mass is 32.2. The molecule has 3 rings (SSSR count). The van der Waals surface area contributed by atoms with Crippen molar-refractivity contribution in [3.63, 3.8) is 0 Å². The molecule has 2 bridgehead atoms. The van der Waals surface area contributed by atoms with Gasteiger partial charge in [0.25, 0.3) is 0 Å². The van der Waals surface area contributed by atoms with Crippen LogP contribution in [-0.4, -0.2) is 33.2 Å². The number of nitrogens with one attached hydrogen (secondary N) is 1. The van der Waals surface area contributed by atoms with Crippen LogP contribution in [0, 0.1) is 25.7 Å². The molecule has 0 radical (unpaired) electrons. The Morgan fingerprint density at radius 1 is 1.21 bits per heavy atom. The Labute approximate surface area is 144 Å². The van der Waals surface area contributed by atoms with E-state index in [-0.39, 0.29) is 18.5 Å². The van der Waals surface area contributed by atoms with Gasteiger partial charge in [-0.25, -0.2) is 8.42 Å². The Balaban J connectivity index is 1.72. The third-order valence-corrected chi connectivity index (χ3v) is 6.69. The van der Waals surface area contributed by atoms with Crippen LogP contribution in [0.1, 0.15) is 36.8 Å². The smallest absolute Gasteiger partial charge is 0.241 e. The van der Waals surface area contributed by atoms with E-state index in [0.717, 1.165) is 29.7 Å². The first-order valence-corrected chi connectivity index (χ1v) is 10.4. The topological polar surface area (TPSA) is 66.5 Å². The summed E-state index contributed by atoms with van der Waals surface area (Å²) in [6.07, 6.45) is 5.85. The van der Waals surface area contributed by atoms with Crippen molar-refractivity contribution < 1.29 is 13.2 Å². The summed E-state index contributed by atoms with van der Waals surface area (Å²) in [5.74, 6) is 1.11. The highest BCUT2D eigenvalue weighted by Crippen LogP contribution is 2.44. The van der Waals surface area contributed by atoms with Crippen molar-refractivity contribution in [1.82, 2.24) is 5.32 Å². The molecule has 6 heteroatoms. The van der Waals surface area contributed by atoms with Gasteiger partial charge in [-0.1, -0.05) is 12.5 Å². The van der Waals surface area contributed by atoms with Crippen LogP contribution in [0.2, 0.25) is 0 Å². The van der Waals surface area contributed by atoms with E-state index >= 15 is 0 Å². The number of anilines is 1. The van der Waals surface area contributed by atoms with Crippen molar-refractivity contribution in [2.24, 2.45) is 11.8 Å². The van der Waals surface area contributed by atoms with E-state index in [1.807, 2.05) is 26.0 Å². The lowest BCUT2D eigenvalue weighted by Gasteiger charge is -2.26. The van der Waals surface area contributed by atoms with Gasteiger partial charge in [0, 0.05) is 6.04 Å². The average molecular weight is 350 g/mol. The van der Waals surface area contributed by atoms with Gasteiger partial charge in [0.1, 0.15) is 6.54 Å². The van der Waals surface area contributed by atoms with Crippen molar-refractivity contribution >= 4 is 21.6 Å². The number of amides is 1. The van der Waals surface area contributed by atoms with E-state index < -0.39 is 10.0 Å². The number of hydrogen-bond acceptors (Lipinski definition) is 3.